The molecule has 0 radical (unpaired) electrons. The van der Waals surface area contributed by atoms with E-state index in [2.05, 4.69) is 4.98 Å². The fourth-order valence-corrected chi connectivity index (χ4v) is 2.35. The highest BCUT2D eigenvalue weighted by Gasteiger charge is 2.07. The van der Waals surface area contributed by atoms with Crippen molar-refractivity contribution < 1.29 is 9.53 Å². The Labute approximate surface area is 116 Å². The van der Waals surface area contributed by atoms with Gasteiger partial charge in [0, 0.05) is 23.2 Å². The summed E-state index contributed by atoms with van der Waals surface area (Å²) in [6.07, 6.45) is 2.86. The van der Waals surface area contributed by atoms with Crippen molar-refractivity contribution in [2.24, 2.45) is 0 Å². The maximum atomic E-state index is 11.2. The Kier molecular flexibility index (Phi) is 3.21. The lowest BCUT2D eigenvalue weighted by Crippen LogP contribution is -2.02. The minimum Gasteiger partial charge on any atom is -0.481 e. The third-order valence-electron chi connectivity index (χ3n) is 3.27. The number of hydrogen-bond acceptors (Lipinski definition) is 3. The van der Waals surface area contributed by atoms with E-state index < -0.39 is 0 Å². The van der Waals surface area contributed by atoms with Gasteiger partial charge >= 0.3 is 0 Å². The summed E-state index contributed by atoms with van der Waals surface area (Å²) in [7, 11) is 1.60. The van der Waals surface area contributed by atoms with Gasteiger partial charge in [-0.1, -0.05) is 18.2 Å². The molecule has 0 saturated heterocycles. The van der Waals surface area contributed by atoms with Crippen molar-refractivity contribution in [3.63, 3.8) is 0 Å². The zero-order valence-corrected chi connectivity index (χ0v) is 11.1. The molecule has 0 atom stereocenters. The molecule has 2 heterocycles. The van der Waals surface area contributed by atoms with E-state index in [0.29, 0.717) is 18.0 Å². The molecule has 1 aromatic carbocycles. The number of hydrogen-bond donors (Lipinski definition) is 0. The predicted molar refractivity (Wildman–Crippen MR) is 77.2 cm³/mol. The van der Waals surface area contributed by atoms with Gasteiger partial charge in [0.05, 0.1) is 24.9 Å². The van der Waals surface area contributed by atoms with Crippen LogP contribution in [0.1, 0.15) is 16.1 Å². The van der Waals surface area contributed by atoms with E-state index in [1.54, 1.807) is 7.11 Å². The smallest absolute Gasteiger partial charge is 0.213 e. The Balaban J connectivity index is 2.04. The van der Waals surface area contributed by atoms with Crippen LogP contribution in [0.3, 0.4) is 0 Å². The van der Waals surface area contributed by atoms with Gasteiger partial charge in [-0.25, -0.2) is 4.98 Å². The van der Waals surface area contributed by atoms with Crippen LogP contribution in [-0.2, 0) is 6.54 Å². The van der Waals surface area contributed by atoms with Crippen LogP contribution in [0.2, 0.25) is 0 Å². The number of rotatable bonds is 4. The average molecular weight is 266 g/mol. The highest BCUT2D eigenvalue weighted by atomic mass is 16.5. The van der Waals surface area contributed by atoms with Crippen LogP contribution < -0.4 is 4.74 Å². The number of pyridine rings is 1. The second-order valence-corrected chi connectivity index (χ2v) is 4.52. The fourth-order valence-electron chi connectivity index (χ4n) is 2.35. The molecule has 100 valence electrons. The number of aromatic nitrogens is 2. The molecule has 0 N–H and O–H groups in total. The highest BCUT2D eigenvalue weighted by molar-refractivity contribution is 5.96. The summed E-state index contributed by atoms with van der Waals surface area (Å²) in [6, 6.07) is 13.4. The van der Waals surface area contributed by atoms with Crippen LogP contribution in [0.25, 0.3) is 10.9 Å². The van der Waals surface area contributed by atoms with Gasteiger partial charge in [0.2, 0.25) is 5.88 Å². The number of nitrogens with zero attached hydrogens (tertiary/aromatic N) is 2. The topological polar surface area (TPSA) is 44.1 Å². The largest absolute Gasteiger partial charge is 0.481 e. The van der Waals surface area contributed by atoms with Gasteiger partial charge in [0.1, 0.15) is 0 Å². The van der Waals surface area contributed by atoms with Crippen molar-refractivity contribution in [3.05, 3.63) is 59.9 Å². The van der Waals surface area contributed by atoms with Crippen molar-refractivity contribution >= 4 is 17.2 Å². The first kappa shape index (κ1) is 12.4. The molecule has 0 unspecified atom stereocenters. The third kappa shape index (κ3) is 2.16. The number of benzene rings is 1. The van der Waals surface area contributed by atoms with Gasteiger partial charge in [-0.3, -0.25) is 4.79 Å². The summed E-state index contributed by atoms with van der Waals surface area (Å²) in [5, 5.41) is 1.05. The number of fused-ring (bicyclic) bond motifs is 1. The summed E-state index contributed by atoms with van der Waals surface area (Å²) >= 11 is 0. The van der Waals surface area contributed by atoms with Gasteiger partial charge in [-0.2, -0.15) is 0 Å². The van der Waals surface area contributed by atoms with Gasteiger partial charge < -0.3 is 9.30 Å². The van der Waals surface area contributed by atoms with E-state index in [1.807, 2.05) is 53.2 Å². The summed E-state index contributed by atoms with van der Waals surface area (Å²) in [4.78, 5) is 15.6. The fraction of sp³-hybridized carbons (Fsp3) is 0.125. The summed E-state index contributed by atoms with van der Waals surface area (Å²) in [6.45, 7) is 0.603. The lowest BCUT2D eigenvalue weighted by molar-refractivity contribution is 0.112. The van der Waals surface area contributed by atoms with Crippen molar-refractivity contribution in [1.29, 1.82) is 0 Å². The summed E-state index contributed by atoms with van der Waals surface area (Å²) in [5.74, 6) is 0.592. The first-order valence-electron chi connectivity index (χ1n) is 6.35. The van der Waals surface area contributed by atoms with Crippen LogP contribution in [0.15, 0.2) is 48.7 Å². The van der Waals surface area contributed by atoms with Crippen LogP contribution in [-0.4, -0.2) is 22.9 Å². The molecule has 0 aliphatic carbocycles. The number of carbonyl (C=O) groups is 1. The summed E-state index contributed by atoms with van der Waals surface area (Å²) in [5.41, 5.74) is 2.52. The van der Waals surface area contributed by atoms with Crippen molar-refractivity contribution in [3.8, 4) is 5.88 Å². The SMILES string of the molecule is COc1cccc(Cn2ccc3cccc(C=O)c32)n1. The molecule has 0 spiro atoms. The number of para-hydroxylation sites is 1. The molecule has 3 aromatic rings. The van der Waals surface area contributed by atoms with E-state index >= 15 is 0 Å². The third-order valence-corrected chi connectivity index (χ3v) is 3.27. The molecule has 0 fully saturated rings. The number of methoxy groups -OCH3 is 1. The highest BCUT2D eigenvalue weighted by Crippen LogP contribution is 2.20. The Morgan fingerprint density at radius 3 is 2.85 bits per heavy atom. The zero-order chi connectivity index (χ0) is 13.9. The lowest BCUT2D eigenvalue weighted by atomic mass is 10.1. The Bertz CT molecular complexity index is 762. The summed E-state index contributed by atoms with van der Waals surface area (Å²) < 4.78 is 7.16. The molecule has 20 heavy (non-hydrogen) atoms. The molecule has 0 bridgehead atoms. The minimum atomic E-state index is 0.592. The van der Waals surface area contributed by atoms with E-state index in [0.717, 1.165) is 22.9 Å². The molecule has 2 aromatic heterocycles. The Hall–Kier alpha value is -2.62. The van der Waals surface area contributed by atoms with Gasteiger partial charge in [-0.05, 0) is 18.2 Å². The maximum absolute atomic E-state index is 11.2. The van der Waals surface area contributed by atoms with Gasteiger partial charge in [0.25, 0.3) is 0 Å². The molecule has 0 aliphatic rings. The van der Waals surface area contributed by atoms with Crippen LogP contribution >= 0.6 is 0 Å². The molecule has 0 amide bonds. The maximum Gasteiger partial charge on any atom is 0.213 e. The van der Waals surface area contributed by atoms with Crippen molar-refractivity contribution in [2.75, 3.05) is 7.11 Å². The van der Waals surface area contributed by atoms with Gasteiger partial charge in [0.15, 0.2) is 6.29 Å². The van der Waals surface area contributed by atoms with E-state index in [9.17, 15) is 4.79 Å². The Morgan fingerprint density at radius 1 is 1.20 bits per heavy atom. The van der Waals surface area contributed by atoms with Crippen LogP contribution in [0, 0.1) is 0 Å². The van der Waals surface area contributed by atoms with Crippen molar-refractivity contribution in [1.82, 2.24) is 9.55 Å². The quantitative estimate of drug-likeness (QED) is 0.682. The van der Waals surface area contributed by atoms with Crippen LogP contribution in [0.4, 0.5) is 0 Å². The first-order valence-corrected chi connectivity index (χ1v) is 6.35. The molecule has 3 rings (SSSR count). The van der Waals surface area contributed by atoms with Crippen molar-refractivity contribution in [2.45, 2.75) is 6.54 Å². The van der Waals surface area contributed by atoms with E-state index in [4.69, 9.17) is 4.74 Å². The molecule has 0 aliphatic heterocycles. The van der Waals surface area contributed by atoms with E-state index in [-0.39, 0.29) is 0 Å². The average Bonchev–Trinajstić information content (AvgIpc) is 2.90. The molecule has 4 heteroatoms. The van der Waals surface area contributed by atoms with Gasteiger partial charge in [-0.15, -0.1) is 0 Å². The number of carbonyl (C=O) groups excluding carboxylic acids is 1. The number of aldehydes is 1. The molecule has 0 saturated carbocycles. The Morgan fingerprint density at radius 2 is 2.05 bits per heavy atom. The van der Waals surface area contributed by atoms with Crippen LogP contribution in [0.5, 0.6) is 5.88 Å². The first-order chi connectivity index (χ1) is 9.81. The second-order valence-electron chi connectivity index (χ2n) is 4.52. The lowest BCUT2D eigenvalue weighted by Gasteiger charge is -2.07. The predicted octanol–water partition coefficient (Wildman–Crippen LogP) is 2.91. The monoisotopic (exact) mass is 266 g/mol. The number of ether oxygens (including phenoxy) is 1. The molecule has 4 nitrogen and oxygen atoms in total. The zero-order valence-electron chi connectivity index (χ0n) is 11.1. The molecular weight excluding hydrogens is 252 g/mol. The standard InChI is InChI=1S/C16H14N2O2/c1-20-15-7-3-6-14(17-15)10-18-9-8-12-4-2-5-13(11-19)16(12)18/h2-9,11H,10H2,1H3. The normalized spacial score (nSPS) is 10.7. The second kappa shape index (κ2) is 5.17. The van der Waals surface area contributed by atoms with E-state index in [1.165, 1.54) is 0 Å². The minimum absolute atomic E-state index is 0.592. The molecular formula is C16H14N2O2.